The van der Waals surface area contributed by atoms with Gasteiger partial charge in [0.1, 0.15) is 5.82 Å². The Balaban J connectivity index is 1.52. The van der Waals surface area contributed by atoms with E-state index in [4.69, 9.17) is 0 Å². The highest BCUT2D eigenvalue weighted by atomic mass is 16.1. The minimum Gasteiger partial charge on any atom is -0.354 e. The molecule has 1 aromatic carbocycles. The van der Waals surface area contributed by atoms with Crippen LogP contribution >= 0.6 is 0 Å². The van der Waals surface area contributed by atoms with E-state index in [1.54, 1.807) is 0 Å². The molecule has 0 aliphatic carbocycles. The van der Waals surface area contributed by atoms with Crippen LogP contribution in [0.3, 0.4) is 0 Å². The maximum Gasteiger partial charge on any atom is 0.253 e. The maximum absolute atomic E-state index is 12.9. The summed E-state index contributed by atoms with van der Waals surface area (Å²) in [4.78, 5) is 26.7. The third-order valence-corrected chi connectivity index (χ3v) is 5.52. The number of likely N-dealkylation sites (N-methyl/N-ethyl adjacent to an activating group) is 1. The summed E-state index contributed by atoms with van der Waals surface area (Å²) >= 11 is 0. The van der Waals surface area contributed by atoms with Crippen molar-refractivity contribution < 1.29 is 4.79 Å². The van der Waals surface area contributed by atoms with Gasteiger partial charge in [-0.25, -0.2) is 4.98 Å². The Bertz CT molecular complexity index is 1040. The van der Waals surface area contributed by atoms with Crippen LogP contribution in [-0.4, -0.2) is 54.0 Å². The van der Waals surface area contributed by atoms with E-state index >= 15 is 0 Å². The van der Waals surface area contributed by atoms with Crippen LogP contribution < -0.4 is 10.2 Å². The molecule has 0 spiro atoms. The standard InChI is InChI=1S/C23H27N5O/c1-16-6-7-21-19(13-16)14-20(17(2)26-21)23(29)25-15-18-5-4-8-24-22(18)28-11-9-27(3)10-12-28/h4-8,13-14H,9-12,15H2,1-3H3,(H,25,29). The summed E-state index contributed by atoms with van der Waals surface area (Å²) in [7, 11) is 2.14. The Morgan fingerprint density at radius 2 is 1.90 bits per heavy atom. The van der Waals surface area contributed by atoms with Crippen LogP contribution in [0.25, 0.3) is 10.9 Å². The molecule has 0 radical (unpaired) electrons. The normalized spacial score (nSPS) is 14.9. The number of rotatable bonds is 4. The minimum atomic E-state index is -0.105. The van der Waals surface area contributed by atoms with Gasteiger partial charge < -0.3 is 15.1 Å². The number of benzene rings is 1. The lowest BCUT2D eigenvalue weighted by molar-refractivity contribution is 0.0950. The molecule has 1 fully saturated rings. The smallest absolute Gasteiger partial charge is 0.253 e. The molecular formula is C23H27N5O. The number of aromatic nitrogens is 2. The fourth-order valence-electron chi connectivity index (χ4n) is 3.76. The topological polar surface area (TPSA) is 61.4 Å². The molecule has 0 atom stereocenters. The van der Waals surface area contributed by atoms with Crippen molar-refractivity contribution in [3.05, 3.63) is 65.0 Å². The maximum atomic E-state index is 12.9. The zero-order chi connectivity index (χ0) is 20.4. The Hall–Kier alpha value is -2.99. The van der Waals surface area contributed by atoms with Crippen LogP contribution in [0.4, 0.5) is 5.82 Å². The first kappa shape index (κ1) is 19.3. The third kappa shape index (κ3) is 4.22. The van der Waals surface area contributed by atoms with E-state index in [0.29, 0.717) is 12.1 Å². The molecule has 29 heavy (non-hydrogen) atoms. The molecule has 150 valence electrons. The number of hydrogen-bond donors (Lipinski definition) is 1. The second kappa shape index (κ2) is 8.17. The molecule has 0 bridgehead atoms. The molecule has 1 amide bonds. The molecule has 1 N–H and O–H groups in total. The van der Waals surface area contributed by atoms with Gasteiger partial charge in [-0.05, 0) is 45.2 Å². The van der Waals surface area contributed by atoms with Crippen molar-refractivity contribution in [3.8, 4) is 0 Å². The van der Waals surface area contributed by atoms with Gasteiger partial charge >= 0.3 is 0 Å². The predicted octanol–water partition coefficient (Wildman–Crippen LogP) is 2.93. The number of carbonyl (C=O) groups excluding carboxylic acids is 1. The summed E-state index contributed by atoms with van der Waals surface area (Å²) in [6.45, 7) is 8.30. The molecule has 2 aromatic heterocycles. The summed E-state index contributed by atoms with van der Waals surface area (Å²) in [6, 6.07) is 12.0. The van der Waals surface area contributed by atoms with Gasteiger partial charge in [-0.2, -0.15) is 0 Å². The van der Waals surface area contributed by atoms with E-state index in [1.807, 2.05) is 50.4 Å². The summed E-state index contributed by atoms with van der Waals surface area (Å²) in [5, 5.41) is 4.05. The van der Waals surface area contributed by atoms with Crippen LogP contribution in [0.15, 0.2) is 42.6 Å². The first-order valence-electron chi connectivity index (χ1n) is 10.0. The second-order valence-electron chi connectivity index (χ2n) is 7.78. The van der Waals surface area contributed by atoms with Gasteiger partial charge in [-0.15, -0.1) is 0 Å². The molecule has 4 rings (SSSR count). The van der Waals surface area contributed by atoms with Crippen LogP contribution in [0.1, 0.15) is 27.2 Å². The first-order valence-corrected chi connectivity index (χ1v) is 10.0. The first-order chi connectivity index (χ1) is 14.0. The highest BCUT2D eigenvalue weighted by Crippen LogP contribution is 2.20. The van der Waals surface area contributed by atoms with E-state index in [-0.39, 0.29) is 5.91 Å². The molecule has 6 heteroatoms. The van der Waals surface area contributed by atoms with Gasteiger partial charge in [-0.3, -0.25) is 9.78 Å². The zero-order valence-corrected chi connectivity index (χ0v) is 17.3. The van der Waals surface area contributed by atoms with Crippen molar-refractivity contribution >= 4 is 22.6 Å². The largest absolute Gasteiger partial charge is 0.354 e. The number of piperazine rings is 1. The predicted molar refractivity (Wildman–Crippen MR) is 116 cm³/mol. The molecule has 0 saturated carbocycles. The molecule has 1 aliphatic heterocycles. The van der Waals surface area contributed by atoms with Crippen LogP contribution in [0.5, 0.6) is 0 Å². The van der Waals surface area contributed by atoms with Crippen LogP contribution in [0, 0.1) is 13.8 Å². The number of pyridine rings is 2. The van der Waals surface area contributed by atoms with Crippen molar-refractivity contribution in [3.63, 3.8) is 0 Å². The van der Waals surface area contributed by atoms with Gasteiger partial charge in [0.25, 0.3) is 5.91 Å². The Kier molecular flexibility index (Phi) is 5.45. The number of amides is 1. The van der Waals surface area contributed by atoms with Crippen molar-refractivity contribution in [1.29, 1.82) is 0 Å². The number of fused-ring (bicyclic) bond motifs is 1. The highest BCUT2D eigenvalue weighted by molar-refractivity contribution is 5.98. The van der Waals surface area contributed by atoms with Gasteiger partial charge in [0.2, 0.25) is 0 Å². The van der Waals surface area contributed by atoms with E-state index in [9.17, 15) is 4.79 Å². The Morgan fingerprint density at radius 3 is 2.69 bits per heavy atom. The summed E-state index contributed by atoms with van der Waals surface area (Å²) < 4.78 is 0. The SMILES string of the molecule is Cc1ccc2nc(C)c(C(=O)NCc3cccnc3N3CCN(C)CC3)cc2c1. The van der Waals surface area contributed by atoms with Gasteiger partial charge in [0.15, 0.2) is 0 Å². The van der Waals surface area contributed by atoms with Crippen LogP contribution in [-0.2, 0) is 6.54 Å². The van der Waals surface area contributed by atoms with E-state index < -0.39 is 0 Å². The third-order valence-electron chi connectivity index (χ3n) is 5.52. The van der Waals surface area contributed by atoms with E-state index in [0.717, 1.165) is 59.7 Å². The fraction of sp³-hybridized carbons (Fsp3) is 0.348. The number of anilines is 1. The minimum absolute atomic E-state index is 0.105. The number of aryl methyl sites for hydroxylation is 2. The second-order valence-corrected chi connectivity index (χ2v) is 7.78. The molecule has 6 nitrogen and oxygen atoms in total. The lowest BCUT2D eigenvalue weighted by Crippen LogP contribution is -2.45. The quantitative estimate of drug-likeness (QED) is 0.743. The molecule has 1 saturated heterocycles. The lowest BCUT2D eigenvalue weighted by Gasteiger charge is -2.34. The van der Waals surface area contributed by atoms with Gasteiger partial charge in [-0.1, -0.05) is 17.7 Å². The number of hydrogen-bond acceptors (Lipinski definition) is 5. The van der Waals surface area contributed by atoms with E-state index in [2.05, 4.69) is 38.2 Å². The average Bonchev–Trinajstić information content (AvgIpc) is 2.72. The number of nitrogens with zero attached hydrogens (tertiary/aromatic N) is 4. The van der Waals surface area contributed by atoms with Gasteiger partial charge in [0.05, 0.1) is 16.8 Å². The van der Waals surface area contributed by atoms with Crippen LogP contribution in [0.2, 0.25) is 0 Å². The lowest BCUT2D eigenvalue weighted by atomic mass is 10.1. The summed E-state index contributed by atoms with van der Waals surface area (Å²) in [5.41, 5.74) is 4.46. The monoisotopic (exact) mass is 389 g/mol. The summed E-state index contributed by atoms with van der Waals surface area (Å²) in [6.07, 6.45) is 1.82. The fourth-order valence-corrected chi connectivity index (χ4v) is 3.76. The molecule has 3 aromatic rings. The summed E-state index contributed by atoms with van der Waals surface area (Å²) in [5.74, 6) is 0.858. The van der Waals surface area contributed by atoms with E-state index in [1.165, 1.54) is 0 Å². The van der Waals surface area contributed by atoms with Crippen molar-refractivity contribution in [2.45, 2.75) is 20.4 Å². The Labute approximate surface area is 171 Å². The van der Waals surface area contributed by atoms with Crippen molar-refractivity contribution in [2.24, 2.45) is 0 Å². The average molecular weight is 390 g/mol. The van der Waals surface area contributed by atoms with Crippen molar-refractivity contribution in [1.82, 2.24) is 20.2 Å². The molecule has 3 heterocycles. The molecular weight excluding hydrogens is 362 g/mol. The zero-order valence-electron chi connectivity index (χ0n) is 17.3. The molecule has 0 unspecified atom stereocenters. The Morgan fingerprint density at radius 1 is 1.10 bits per heavy atom. The highest BCUT2D eigenvalue weighted by Gasteiger charge is 2.19. The van der Waals surface area contributed by atoms with Crippen molar-refractivity contribution in [2.75, 3.05) is 38.1 Å². The number of carbonyl (C=O) groups is 1. The number of nitrogens with one attached hydrogen (secondary N) is 1. The van der Waals surface area contributed by atoms with Gasteiger partial charge in [0, 0.05) is 49.9 Å². The molecule has 1 aliphatic rings.